The lowest BCUT2D eigenvalue weighted by atomic mass is 9.98. The zero-order valence-electron chi connectivity index (χ0n) is 16.1. The van der Waals surface area contributed by atoms with E-state index in [0.29, 0.717) is 31.0 Å². The maximum Gasteiger partial charge on any atom is 0.309 e. The molecule has 1 aromatic carbocycles. The van der Waals surface area contributed by atoms with Gasteiger partial charge < -0.3 is 9.64 Å². The Balaban J connectivity index is 1.87. The van der Waals surface area contributed by atoms with Gasteiger partial charge in [0.05, 0.1) is 10.8 Å². The smallest absolute Gasteiger partial charge is 0.309 e. The first-order valence-electron chi connectivity index (χ1n) is 9.21. The van der Waals surface area contributed by atoms with Gasteiger partial charge in [0, 0.05) is 31.2 Å². The van der Waals surface area contributed by atoms with Gasteiger partial charge in [0.1, 0.15) is 0 Å². The molecule has 1 amide bonds. The van der Waals surface area contributed by atoms with Gasteiger partial charge in [-0.25, -0.2) is 8.42 Å². The van der Waals surface area contributed by atoms with Crippen LogP contribution in [0.4, 0.5) is 0 Å². The molecule has 1 aliphatic rings. The second-order valence-electron chi connectivity index (χ2n) is 6.62. The van der Waals surface area contributed by atoms with Crippen LogP contribution in [0.3, 0.4) is 0 Å². The Morgan fingerprint density at radius 3 is 2.21 bits per heavy atom. The van der Waals surface area contributed by atoms with E-state index in [9.17, 15) is 18.0 Å². The lowest BCUT2D eigenvalue weighted by Gasteiger charge is -2.30. The van der Waals surface area contributed by atoms with Gasteiger partial charge in [0.2, 0.25) is 10.0 Å². The average molecular weight is 441 g/mol. The van der Waals surface area contributed by atoms with E-state index in [1.54, 1.807) is 12.2 Å². The van der Waals surface area contributed by atoms with E-state index in [2.05, 4.69) is 13.2 Å². The first kappa shape index (κ1) is 23.1. The van der Waals surface area contributed by atoms with E-state index < -0.39 is 21.9 Å². The van der Waals surface area contributed by atoms with Crippen LogP contribution in [0.25, 0.3) is 0 Å². The van der Waals surface area contributed by atoms with E-state index >= 15 is 0 Å². The van der Waals surface area contributed by atoms with Crippen molar-refractivity contribution in [3.05, 3.63) is 54.6 Å². The Morgan fingerprint density at radius 2 is 1.69 bits per heavy atom. The Labute approximate surface area is 176 Å². The van der Waals surface area contributed by atoms with Gasteiger partial charge in [-0.3, -0.25) is 9.59 Å². The Morgan fingerprint density at radius 1 is 1.14 bits per heavy atom. The van der Waals surface area contributed by atoms with E-state index in [1.807, 2.05) is 0 Å². The van der Waals surface area contributed by atoms with Crippen LogP contribution >= 0.6 is 11.6 Å². The van der Waals surface area contributed by atoms with Crippen molar-refractivity contribution >= 4 is 33.5 Å². The zero-order chi connectivity index (χ0) is 21.4. The predicted molar refractivity (Wildman–Crippen MR) is 111 cm³/mol. The molecule has 158 valence electrons. The van der Waals surface area contributed by atoms with Crippen molar-refractivity contribution in [1.29, 1.82) is 0 Å². The number of hydrogen-bond donors (Lipinski definition) is 0. The molecule has 1 fully saturated rings. The van der Waals surface area contributed by atoms with Gasteiger partial charge >= 0.3 is 5.97 Å². The van der Waals surface area contributed by atoms with Gasteiger partial charge in [-0.15, -0.1) is 13.2 Å². The zero-order valence-corrected chi connectivity index (χ0v) is 17.7. The fourth-order valence-corrected chi connectivity index (χ4v) is 4.62. The highest BCUT2D eigenvalue weighted by Gasteiger charge is 2.33. The first-order chi connectivity index (χ1) is 13.8. The molecule has 9 heteroatoms. The summed E-state index contributed by atoms with van der Waals surface area (Å²) in [6, 6.07) is 5.97. The van der Waals surface area contributed by atoms with Crippen molar-refractivity contribution in [1.82, 2.24) is 9.21 Å². The normalized spacial score (nSPS) is 15.5. The summed E-state index contributed by atoms with van der Waals surface area (Å²) in [5.41, 5.74) is 0. The molecule has 1 aliphatic heterocycles. The molecule has 0 atom stereocenters. The monoisotopic (exact) mass is 440 g/mol. The second kappa shape index (κ2) is 10.6. The fourth-order valence-electron chi connectivity index (χ4n) is 3.02. The number of rotatable bonds is 9. The molecule has 0 aliphatic carbocycles. The van der Waals surface area contributed by atoms with E-state index in [1.165, 1.54) is 33.5 Å². The number of piperidine rings is 1. The molecule has 0 radical (unpaired) electrons. The maximum absolute atomic E-state index is 12.7. The third-order valence-corrected chi connectivity index (χ3v) is 6.79. The Hall–Kier alpha value is -2.16. The maximum atomic E-state index is 12.7. The van der Waals surface area contributed by atoms with E-state index in [-0.39, 0.29) is 30.5 Å². The summed E-state index contributed by atoms with van der Waals surface area (Å²) < 4.78 is 31.9. The lowest BCUT2D eigenvalue weighted by Crippen LogP contribution is -2.41. The van der Waals surface area contributed by atoms with Crippen molar-refractivity contribution < 1.29 is 22.7 Å². The number of nitrogens with zero attached hydrogens (tertiary/aromatic N) is 2. The summed E-state index contributed by atoms with van der Waals surface area (Å²) in [6.07, 6.45) is 3.84. The highest BCUT2D eigenvalue weighted by Crippen LogP contribution is 2.25. The summed E-state index contributed by atoms with van der Waals surface area (Å²) in [5, 5.41) is 0.458. The van der Waals surface area contributed by atoms with Gasteiger partial charge in [0.25, 0.3) is 5.91 Å². The molecular formula is C20H25ClN2O5S. The summed E-state index contributed by atoms with van der Waals surface area (Å²) in [5.74, 6) is -1.26. The standard InChI is InChI=1S/C20H25ClN2O5S/c1-3-11-22(12-4-2)19(24)15-28-20(25)16-9-13-23(14-10-16)29(26,27)18-7-5-17(21)6-8-18/h3-8,16H,1-2,9-15H2. The first-order valence-corrected chi connectivity index (χ1v) is 11.0. The largest absolute Gasteiger partial charge is 0.455 e. The molecule has 1 heterocycles. The highest BCUT2D eigenvalue weighted by atomic mass is 35.5. The van der Waals surface area contributed by atoms with E-state index in [0.717, 1.165) is 0 Å². The molecule has 0 N–H and O–H groups in total. The van der Waals surface area contributed by atoms with Crippen molar-refractivity contribution in [3.8, 4) is 0 Å². The van der Waals surface area contributed by atoms with E-state index in [4.69, 9.17) is 16.3 Å². The molecule has 2 rings (SSSR count). The number of ether oxygens (including phenoxy) is 1. The molecule has 1 saturated heterocycles. The van der Waals surface area contributed by atoms with Crippen LogP contribution in [0, 0.1) is 5.92 Å². The molecule has 0 saturated carbocycles. The molecule has 7 nitrogen and oxygen atoms in total. The quantitative estimate of drug-likeness (QED) is 0.435. The summed E-state index contributed by atoms with van der Waals surface area (Å²) in [7, 11) is -3.63. The summed E-state index contributed by atoms with van der Waals surface area (Å²) >= 11 is 5.81. The second-order valence-corrected chi connectivity index (χ2v) is 8.99. The topological polar surface area (TPSA) is 84.0 Å². The molecule has 0 aromatic heterocycles. The van der Waals surface area contributed by atoms with Crippen LogP contribution < -0.4 is 0 Å². The number of sulfonamides is 1. The number of benzene rings is 1. The minimum Gasteiger partial charge on any atom is -0.455 e. The number of amides is 1. The molecular weight excluding hydrogens is 416 g/mol. The summed E-state index contributed by atoms with van der Waals surface area (Å²) in [6.45, 7) is 7.91. The van der Waals surface area contributed by atoms with Crippen molar-refractivity contribution in [2.75, 3.05) is 32.8 Å². The number of hydrogen-bond acceptors (Lipinski definition) is 5. The minimum atomic E-state index is -3.63. The van der Waals surface area contributed by atoms with Crippen LogP contribution in [0.1, 0.15) is 12.8 Å². The van der Waals surface area contributed by atoms with Crippen LogP contribution in [-0.4, -0.2) is 62.3 Å². The average Bonchev–Trinajstić information content (AvgIpc) is 2.72. The number of carbonyl (C=O) groups excluding carboxylic acids is 2. The molecule has 0 unspecified atom stereocenters. The number of carbonyl (C=O) groups is 2. The molecule has 0 spiro atoms. The molecule has 1 aromatic rings. The van der Waals surface area contributed by atoms with Crippen LogP contribution in [0.15, 0.2) is 54.5 Å². The fraction of sp³-hybridized carbons (Fsp3) is 0.400. The summed E-state index contributed by atoms with van der Waals surface area (Å²) in [4.78, 5) is 26.1. The third kappa shape index (κ3) is 6.16. The van der Waals surface area contributed by atoms with Crippen molar-refractivity contribution in [2.45, 2.75) is 17.7 Å². The van der Waals surface area contributed by atoms with Crippen LogP contribution in [-0.2, 0) is 24.3 Å². The van der Waals surface area contributed by atoms with Gasteiger partial charge in [-0.1, -0.05) is 23.8 Å². The van der Waals surface area contributed by atoms with Crippen molar-refractivity contribution in [3.63, 3.8) is 0 Å². The van der Waals surface area contributed by atoms with Gasteiger partial charge in [-0.2, -0.15) is 4.31 Å². The number of esters is 1. The minimum absolute atomic E-state index is 0.165. The Kier molecular flexibility index (Phi) is 8.43. The molecule has 29 heavy (non-hydrogen) atoms. The van der Waals surface area contributed by atoms with Gasteiger partial charge in [-0.05, 0) is 37.1 Å². The lowest BCUT2D eigenvalue weighted by molar-refractivity contribution is -0.156. The Bertz CT molecular complexity index is 836. The van der Waals surface area contributed by atoms with Crippen molar-refractivity contribution in [2.24, 2.45) is 5.92 Å². The SMILES string of the molecule is C=CCN(CC=C)C(=O)COC(=O)C1CCN(S(=O)(=O)c2ccc(Cl)cc2)CC1. The van der Waals surface area contributed by atoms with Crippen LogP contribution in [0.2, 0.25) is 5.02 Å². The van der Waals surface area contributed by atoms with Gasteiger partial charge in [0.15, 0.2) is 6.61 Å². The van der Waals surface area contributed by atoms with Crippen LogP contribution in [0.5, 0.6) is 0 Å². The number of halogens is 1. The predicted octanol–water partition coefficient (Wildman–Crippen LogP) is 2.48. The molecule has 0 bridgehead atoms. The third-order valence-electron chi connectivity index (χ3n) is 4.63. The highest BCUT2D eigenvalue weighted by molar-refractivity contribution is 7.89.